The Morgan fingerprint density at radius 1 is 1.38 bits per heavy atom. The van der Waals surface area contributed by atoms with Gasteiger partial charge in [-0.1, -0.05) is 18.9 Å². The van der Waals surface area contributed by atoms with Crippen LogP contribution in [0.25, 0.3) is 0 Å². The second-order valence-corrected chi connectivity index (χ2v) is 4.21. The van der Waals surface area contributed by atoms with Gasteiger partial charge in [0, 0.05) is 11.6 Å². The Bertz CT molecular complexity index is 169. The molecule has 76 valence electrons. The highest BCUT2D eigenvalue weighted by atomic mass is 15.2. The largest absolute Gasteiger partial charge is 0.312 e. The van der Waals surface area contributed by atoms with Crippen LogP contribution in [-0.4, -0.2) is 37.6 Å². The summed E-state index contributed by atoms with van der Waals surface area (Å²) >= 11 is 0. The monoisotopic (exact) mass is 182 g/mol. The van der Waals surface area contributed by atoms with Crippen LogP contribution < -0.4 is 5.32 Å². The molecule has 0 saturated heterocycles. The van der Waals surface area contributed by atoms with E-state index in [0.29, 0.717) is 11.6 Å². The first-order chi connectivity index (χ1) is 6.17. The molecule has 13 heavy (non-hydrogen) atoms. The predicted molar refractivity (Wildman–Crippen MR) is 57.9 cm³/mol. The summed E-state index contributed by atoms with van der Waals surface area (Å²) in [4.78, 5) is 2.36. The first-order valence-corrected chi connectivity index (χ1v) is 5.14. The van der Waals surface area contributed by atoms with Gasteiger partial charge in [0.2, 0.25) is 0 Å². The first-order valence-electron chi connectivity index (χ1n) is 5.14. The zero-order chi connectivity index (χ0) is 9.90. The van der Waals surface area contributed by atoms with Crippen molar-refractivity contribution in [3.05, 3.63) is 12.7 Å². The molecule has 1 saturated carbocycles. The minimum absolute atomic E-state index is 0.316. The van der Waals surface area contributed by atoms with Gasteiger partial charge in [-0.05, 0) is 34.0 Å². The standard InChI is InChI=1S/C11H22N2/c1-5-10(12-2)11(13(3)4)8-6-7-9-11/h5,10,12H,1,6-9H2,2-4H3. The molecule has 1 rings (SSSR count). The fourth-order valence-electron chi connectivity index (χ4n) is 2.63. The van der Waals surface area contributed by atoms with Crippen LogP contribution in [0.5, 0.6) is 0 Å². The van der Waals surface area contributed by atoms with Crippen molar-refractivity contribution in [1.82, 2.24) is 10.2 Å². The van der Waals surface area contributed by atoms with E-state index in [1.807, 2.05) is 13.1 Å². The third kappa shape index (κ3) is 1.79. The van der Waals surface area contributed by atoms with Gasteiger partial charge in [-0.2, -0.15) is 0 Å². The van der Waals surface area contributed by atoms with Crippen molar-refractivity contribution in [3.63, 3.8) is 0 Å². The number of likely N-dealkylation sites (N-methyl/N-ethyl adjacent to an activating group) is 2. The minimum atomic E-state index is 0.316. The zero-order valence-electron chi connectivity index (χ0n) is 9.14. The molecule has 0 aromatic rings. The molecular formula is C11H22N2. The number of nitrogens with one attached hydrogen (secondary N) is 1. The first kappa shape index (κ1) is 10.7. The topological polar surface area (TPSA) is 15.3 Å². The molecule has 1 atom stereocenters. The van der Waals surface area contributed by atoms with Gasteiger partial charge in [0.1, 0.15) is 0 Å². The van der Waals surface area contributed by atoms with Gasteiger partial charge in [-0.15, -0.1) is 6.58 Å². The molecule has 0 radical (unpaired) electrons. The molecule has 1 unspecified atom stereocenters. The van der Waals surface area contributed by atoms with Gasteiger partial charge in [0.05, 0.1) is 0 Å². The molecule has 0 bridgehead atoms. The number of hydrogen-bond donors (Lipinski definition) is 1. The van der Waals surface area contributed by atoms with Crippen LogP contribution in [0.1, 0.15) is 25.7 Å². The van der Waals surface area contributed by atoms with Gasteiger partial charge in [-0.3, -0.25) is 0 Å². The summed E-state index contributed by atoms with van der Waals surface area (Å²) in [7, 11) is 6.38. The van der Waals surface area contributed by atoms with Gasteiger partial charge < -0.3 is 10.2 Å². The number of hydrogen-bond acceptors (Lipinski definition) is 2. The Morgan fingerprint density at radius 3 is 2.23 bits per heavy atom. The molecule has 0 amide bonds. The molecular weight excluding hydrogens is 160 g/mol. The smallest absolute Gasteiger partial charge is 0.0431 e. The molecule has 0 heterocycles. The minimum Gasteiger partial charge on any atom is -0.312 e. The van der Waals surface area contributed by atoms with Crippen molar-refractivity contribution in [2.75, 3.05) is 21.1 Å². The Morgan fingerprint density at radius 2 is 1.92 bits per heavy atom. The van der Waals surface area contributed by atoms with Gasteiger partial charge in [0.25, 0.3) is 0 Å². The molecule has 2 nitrogen and oxygen atoms in total. The van der Waals surface area contributed by atoms with E-state index in [-0.39, 0.29) is 0 Å². The summed E-state index contributed by atoms with van der Waals surface area (Å²) in [6.07, 6.45) is 7.33. The van der Waals surface area contributed by atoms with Crippen LogP contribution >= 0.6 is 0 Å². The lowest BCUT2D eigenvalue weighted by Gasteiger charge is -2.41. The van der Waals surface area contributed by atoms with Crippen molar-refractivity contribution in [2.24, 2.45) is 0 Å². The van der Waals surface area contributed by atoms with Crippen LogP contribution in [0.15, 0.2) is 12.7 Å². The van der Waals surface area contributed by atoms with E-state index in [9.17, 15) is 0 Å². The average molecular weight is 182 g/mol. The Labute approximate surface area is 82.0 Å². The van der Waals surface area contributed by atoms with Crippen molar-refractivity contribution in [2.45, 2.75) is 37.3 Å². The zero-order valence-corrected chi connectivity index (χ0v) is 9.14. The lowest BCUT2D eigenvalue weighted by atomic mass is 9.87. The van der Waals surface area contributed by atoms with Gasteiger partial charge >= 0.3 is 0 Å². The van der Waals surface area contributed by atoms with E-state index in [0.717, 1.165) is 0 Å². The molecule has 1 aliphatic carbocycles. The molecule has 1 N–H and O–H groups in total. The molecule has 0 aromatic heterocycles. The van der Waals surface area contributed by atoms with E-state index < -0.39 is 0 Å². The summed E-state index contributed by atoms with van der Waals surface area (Å²) < 4.78 is 0. The van der Waals surface area contributed by atoms with E-state index >= 15 is 0 Å². The summed E-state index contributed by atoms with van der Waals surface area (Å²) in [5.41, 5.74) is 0.316. The quantitative estimate of drug-likeness (QED) is 0.665. The van der Waals surface area contributed by atoms with E-state index in [4.69, 9.17) is 0 Å². The third-order valence-corrected chi connectivity index (χ3v) is 3.49. The normalized spacial score (nSPS) is 23.4. The fourth-order valence-corrected chi connectivity index (χ4v) is 2.63. The second-order valence-electron chi connectivity index (χ2n) is 4.21. The van der Waals surface area contributed by atoms with Crippen molar-refractivity contribution >= 4 is 0 Å². The van der Waals surface area contributed by atoms with Crippen LogP contribution in [0.2, 0.25) is 0 Å². The molecule has 0 aliphatic heterocycles. The van der Waals surface area contributed by atoms with Crippen LogP contribution in [0.3, 0.4) is 0 Å². The maximum Gasteiger partial charge on any atom is 0.0431 e. The SMILES string of the molecule is C=CC(NC)C1(N(C)C)CCCC1. The van der Waals surface area contributed by atoms with E-state index in [2.05, 4.69) is 30.9 Å². The molecule has 0 spiro atoms. The Balaban J connectivity index is 2.82. The van der Waals surface area contributed by atoms with Crippen molar-refractivity contribution < 1.29 is 0 Å². The Kier molecular flexibility index (Phi) is 3.51. The summed E-state index contributed by atoms with van der Waals surface area (Å²) in [5.74, 6) is 0. The van der Waals surface area contributed by atoms with Crippen molar-refractivity contribution in [1.29, 1.82) is 0 Å². The predicted octanol–water partition coefficient (Wildman–Crippen LogP) is 1.63. The highest BCUT2D eigenvalue weighted by Gasteiger charge is 2.40. The maximum atomic E-state index is 3.91. The highest BCUT2D eigenvalue weighted by Crippen LogP contribution is 2.36. The number of rotatable bonds is 4. The maximum absolute atomic E-state index is 3.91. The fraction of sp³-hybridized carbons (Fsp3) is 0.818. The van der Waals surface area contributed by atoms with Gasteiger partial charge in [0.15, 0.2) is 0 Å². The lowest BCUT2D eigenvalue weighted by molar-refractivity contribution is 0.128. The lowest BCUT2D eigenvalue weighted by Crippen LogP contribution is -2.55. The molecule has 1 aliphatic rings. The summed E-state index contributed by atoms with van der Waals surface area (Å²) in [5, 5.41) is 3.36. The third-order valence-electron chi connectivity index (χ3n) is 3.49. The number of nitrogens with zero attached hydrogens (tertiary/aromatic N) is 1. The Hall–Kier alpha value is -0.340. The summed E-state index contributed by atoms with van der Waals surface area (Å²) in [6, 6.07) is 0.421. The van der Waals surface area contributed by atoms with E-state index in [1.165, 1.54) is 25.7 Å². The van der Waals surface area contributed by atoms with E-state index in [1.54, 1.807) is 0 Å². The molecule has 2 heteroatoms. The average Bonchev–Trinajstić information content (AvgIpc) is 2.56. The molecule has 0 aromatic carbocycles. The van der Waals surface area contributed by atoms with Crippen molar-refractivity contribution in [3.8, 4) is 0 Å². The van der Waals surface area contributed by atoms with Crippen LogP contribution in [0, 0.1) is 0 Å². The van der Waals surface area contributed by atoms with Crippen LogP contribution in [-0.2, 0) is 0 Å². The van der Waals surface area contributed by atoms with Gasteiger partial charge in [-0.25, -0.2) is 0 Å². The second kappa shape index (κ2) is 4.25. The van der Waals surface area contributed by atoms with Crippen LogP contribution in [0.4, 0.5) is 0 Å². The summed E-state index contributed by atoms with van der Waals surface area (Å²) in [6.45, 7) is 3.91. The molecule has 1 fully saturated rings. The highest BCUT2D eigenvalue weighted by molar-refractivity contribution is 5.08.